The predicted octanol–water partition coefficient (Wildman–Crippen LogP) is -0.244. The van der Waals surface area contributed by atoms with Gasteiger partial charge in [-0.15, -0.1) is 0 Å². The van der Waals surface area contributed by atoms with Gasteiger partial charge in [0, 0.05) is 6.54 Å². The second-order valence-electron chi connectivity index (χ2n) is 3.87. The average Bonchev–Trinajstić information content (AvgIpc) is 2.89. The molecule has 0 spiro atoms. The van der Waals surface area contributed by atoms with E-state index in [1.54, 1.807) is 0 Å². The third-order valence-corrected chi connectivity index (χ3v) is 2.52. The number of rotatable bonds is 5. The van der Waals surface area contributed by atoms with Crippen LogP contribution >= 0.6 is 0 Å². The number of nitro groups is 1. The third-order valence-electron chi connectivity index (χ3n) is 2.52. The highest BCUT2D eigenvalue weighted by molar-refractivity contribution is 5.80. The summed E-state index contributed by atoms with van der Waals surface area (Å²) in [5.41, 5.74) is 2.81. The number of nitrogens with one attached hydrogen (secondary N) is 1. The SMILES string of the molecule is O=C1N(N=Cc2ccc([N+](=O)[O-])o2)CCNN1CCO. The van der Waals surface area contributed by atoms with Gasteiger partial charge < -0.3 is 9.52 Å². The summed E-state index contributed by atoms with van der Waals surface area (Å²) in [6.07, 6.45) is 1.23. The minimum atomic E-state index is -0.656. The number of furan rings is 1. The average molecular weight is 283 g/mol. The van der Waals surface area contributed by atoms with Crippen molar-refractivity contribution in [1.82, 2.24) is 15.4 Å². The van der Waals surface area contributed by atoms with Crippen molar-refractivity contribution in [1.29, 1.82) is 0 Å². The first-order valence-electron chi connectivity index (χ1n) is 5.83. The lowest BCUT2D eigenvalue weighted by atomic mass is 10.5. The molecule has 0 aromatic carbocycles. The topological polar surface area (TPSA) is 124 Å². The minimum absolute atomic E-state index is 0.150. The van der Waals surface area contributed by atoms with Gasteiger partial charge in [0.1, 0.15) is 4.92 Å². The Morgan fingerprint density at radius 1 is 1.60 bits per heavy atom. The molecule has 10 nitrogen and oxygen atoms in total. The molecule has 1 aliphatic rings. The Bertz CT molecular complexity index is 526. The zero-order valence-corrected chi connectivity index (χ0v) is 10.4. The number of carbonyl (C=O) groups excluding carboxylic acids is 1. The van der Waals surface area contributed by atoms with Crippen LogP contribution in [-0.4, -0.2) is 58.5 Å². The van der Waals surface area contributed by atoms with Crippen LogP contribution in [0.1, 0.15) is 5.76 Å². The highest BCUT2D eigenvalue weighted by atomic mass is 16.6. The molecule has 0 atom stereocenters. The van der Waals surface area contributed by atoms with Crippen LogP contribution in [0.25, 0.3) is 0 Å². The standard InChI is InChI=1S/C10H13N5O5/c16-6-5-14-10(17)13(4-3-11-14)12-7-8-1-2-9(20-8)15(18)19/h1-2,7,11,16H,3-6H2. The number of hydrogen-bond donors (Lipinski definition) is 2. The van der Waals surface area contributed by atoms with Crippen molar-refractivity contribution in [2.24, 2.45) is 5.10 Å². The maximum atomic E-state index is 11.9. The van der Waals surface area contributed by atoms with Gasteiger partial charge in [-0.3, -0.25) is 15.1 Å². The van der Waals surface area contributed by atoms with E-state index in [0.29, 0.717) is 13.1 Å². The Morgan fingerprint density at radius 3 is 3.05 bits per heavy atom. The van der Waals surface area contributed by atoms with E-state index in [1.807, 2.05) is 0 Å². The molecule has 0 saturated carbocycles. The third kappa shape index (κ3) is 3.10. The van der Waals surface area contributed by atoms with Gasteiger partial charge in [0.15, 0.2) is 5.76 Å². The molecule has 0 radical (unpaired) electrons. The van der Waals surface area contributed by atoms with Crippen molar-refractivity contribution in [2.45, 2.75) is 0 Å². The molecule has 1 saturated heterocycles. The number of hydrazone groups is 1. The summed E-state index contributed by atoms with van der Waals surface area (Å²) in [5, 5.41) is 25.6. The van der Waals surface area contributed by atoms with Crippen molar-refractivity contribution in [3.63, 3.8) is 0 Å². The fraction of sp³-hybridized carbons (Fsp3) is 0.400. The van der Waals surface area contributed by atoms with Crippen LogP contribution in [0, 0.1) is 10.1 Å². The lowest BCUT2D eigenvalue weighted by molar-refractivity contribution is -0.402. The van der Waals surface area contributed by atoms with Crippen LogP contribution in [0.2, 0.25) is 0 Å². The lowest BCUT2D eigenvalue weighted by Crippen LogP contribution is -2.56. The molecule has 2 heterocycles. The normalized spacial score (nSPS) is 16.1. The molecule has 10 heteroatoms. The molecule has 1 aromatic heterocycles. The smallest absolute Gasteiger partial charge is 0.400 e. The monoisotopic (exact) mass is 283 g/mol. The molecule has 2 N–H and O–H groups in total. The van der Waals surface area contributed by atoms with E-state index in [4.69, 9.17) is 9.52 Å². The van der Waals surface area contributed by atoms with Gasteiger partial charge in [-0.1, -0.05) is 0 Å². The maximum Gasteiger partial charge on any atom is 0.433 e. The Labute approximate surface area is 113 Å². The molecule has 20 heavy (non-hydrogen) atoms. The van der Waals surface area contributed by atoms with Gasteiger partial charge in [0.2, 0.25) is 0 Å². The van der Waals surface area contributed by atoms with Crippen LogP contribution in [0.3, 0.4) is 0 Å². The Morgan fingerprint density at radius 2 is 2.40 bits per heavy atom. The zero-order chi connectivity index (χ0) is 14.5. The molecule has 1 aromatic rings. The number of urea groups is 1. The largest absolute Gasteiger partial charge is 0.433 e. The molecule has 0 bridgehead atoms. The van der Waals surface area contributed by atoms with Crippen molar-refractivity contribution in [2.75, 3.05) is 26.2 Å². The molecule has 0 aliphatic carbocycles. The summed E-state index contributed by atoms with van der Waals surface area (Å²) in [6.45, 7) is 0.819. The predicted molar refractivity (Wildman–Crippen MR) is 66.9 cm³/mol. The highest BCUT2D eigenvalue weighted by Gasteiger charge is 2.24. The number of hydrogen-bond acceptors (Lipinski definition) is 7. The minimum Gasteiger partial charge on any atom is -0.400 e. The number of hydrazine groups is 1. The summed E-state index contributed by atoms with van der Waals surface area (Å²) in [6, 6.07) is 2.18. The van der Waals surface area contributed by atoms with Crippen molar-refractivity contribution >= 4 is 18.1 Å². The first kappa shape index (κ1) is 14.0. The van der Waals surface area contributed by atoms with E-state index in [9.17, 15) is 14.9 Å². The van der Waals surface area contributed by atoms with Crippen molar-refractivity contribution in [3.05, 3.63) is 28.0 Å². The highest BCUT2D eigenvalue weighted by Crippen LogP contribution is 2.14. The van der Waals surface area contributed by atoms with Crippen LogP contribution in [-0.2, 0) is 0 Å². The maximum absolute atomic E-state index is 11.9. The first-order chi connectivity index (χ1) is 9.61. The number of aliphatic hydroxyl groups excluding tert-OH is 1. The molecular weight excluding hydrogens is 270 g/mol. The van der Waals surface area contributed by atoms with Gasteiger partial charge in [-0.2, -0.15) is 5.10 Å². The summed E-state index contributed by atoms with van der Waals surface area (Å²) in [5.74, 6) is -0.211. The van der Waals surface area contributed by atoms with Gasteiger partial charge in [0.25, 0.3) is 0 Å². The number of carbonyl (C=O) groups is 1. The van der Waals surface area contributed by atoms with Gasteiger partial charge in [-0.25, -0.2) is 15.2 Å². The molecule has 0 unspecified atom stereocenters. The Kier molecular flexibility index (Phi) is 4.27. The van der Waals surface area contributed by atoms with Crippen molar-refractivity contribution in [3.8, 4) is 0 Å². The van der Waals surface area contributed by atoms with Crippen LogP contribution in [0.4, 0.5) is 10.7 Å². The number of amides is 2. The van der Waals surface area contributed by atoms with Crippen LogP contribution in [0.15, 0.2) is 21.7 Å². The molecule has 2 rings (SSSR count). The van der Waals surface area contributed by atoms with Crippen molar-refractivity contribution < 1.29 is 19.2 Å². The molecule has 2 amide bonds. The molecular formula is C10H13N5O5. The fourth-order valence-corrected chi connectivity index (χ4v) is 1.61. The van der Waals surface area contributed by atoms with E-state index in [1.165, 1.54) is 28.4 Å². The van der Waals surface area contributed by atoms with E-state index < -0.39 is 11.0 Å². The van der Waals surface area contributed by atoms with Crippen LogP contribution < -0.4 is 5.43 Å². The first-order valence-corrected chi connectivity index (χ1v) is 5.83. The Balaban J connectivity index is 2.02. The van der Waals surface area contributed by atoms with E-state index in [2.05, 4.69) is 10.5 Å². The molecule has 1 aliphatic heterocycles. The summed E-state index contributed by atoms with van der Waals surface area (Å²) in [4.78, 5) is 21.7. The van der Waals surface area contributed by atoms with E-state index in [-0.39, 0.29) is 24.8 Å². The van der Waals surface area contributed by atoms with Gasteiger partial charge in [-0.05, 0) is 6.07 Å². The quantitative estimate of drug-likeness (QED) is 0.436. The number of β-amino-alcohol motifs (C(OH)–C–C–N with tert-alkyl or cyclic N) is 1. The summed E-state index contributed by atoms with van der Waals surface area (Å²) >= 11 is 0. The zero-order valence-electron chi connectivity index (χ0n) is 10.4. The number of aliphatic hydroxyl groups is 1. The summed E-state index contributed by atoms with van der Waals surface area (Å²) in [7, 11) is 0. The molecule has 1 fully saturated rings. The van der Waals surface area contributed by atoms with Gasteiger partial charge in [0.05, 0.1) is 32.0 Å². The number of nitrogens with zero attached hydrogens (tertiary/aromatic N) is 4. The van der Waals surface area contributed by atoms with Crippen LogP contribution in [0.5, 0.6) is 0 Å². The van der Waals surface area contributed by atoms with Gasteiger partial charge >= 0.3 is 11.9 Å². The second-order valence-corrected chi connectivity index (χ2v) is 3.87. The second kappa shape index (κ2) is 6.12. The van der Waals surface area contributed by atoms with E-state index in [0.717, 1.165) is 0 Å². The lowest BCUT2D eigenvalue weighted by Gasteiger charge is -2.32. The Hall–Kier alpha value is -2.46. The fourth-order valence-electron chi connectivity index (χ4n) is 1.61. The van der Waals surface area contributed by atoms with E-state index >= 15 is 0 Å². The molecule has 108 valence electrons. The summed E-state index contributed by atoms with van der Waals surface area (Å²) < 4.78 is 4.89.